The zero-order chi connectivity index (χ0) is 16.6. The first kappa shape index (κ1) is 15.0. The summed E-state index contributed by atoms with van der Waals surface area (Å²) in [7, 11) is 0. The van der Waals surface area contributed by atoms with Gasteiger partial charge in [-0.2, -0.15) is 0 Å². The molecule has 6 nitrogen and oxygen atoms in total. The topological polar surface area (TPSA) is 72.6 Å². The third kappa shape index (κ3) is 2.73. The lowest BCUT2D eigenvalue weighted by atomic mass is 10.2. The molecule has 5 rings (SSSR count). The first-order valence-corrected chi connectivity index (χ1v) is 9.69. The Bertz CT molecular complexity index is 920. The van der Waals surface area contributed by atoms with Gasteiger partial charge in [0.2, 0.25) is 0 Å². The highest BCUT2D eigenvalue weighted by Gasteiger charge is 2.21. The van der Waals surface area contributed by atoms with Crippen molar-refractivity contribution in [3.05, 3.63) is 48.4 Å². The largest absolute Gasteiger partial charge is 0.346 e. The predicted octanol–water partition coefficient (Wildman–Crippen LogP) is 3.26. The van der Waals surface area contributed by atoms with Gasteiger partial charge in [-0.1, -0.05) is 0 Å². The Kier molecular flexibility index (Phi) is 3.75. The lowest BCUT2D eigenvalue weighted by Crippen LogP contribution is -2.23. The van der Waals surface area contributed by atoms with Crippen molar-refractivity contribution in [3.8, 4) is 0 Å². The average Bonchev–Trinajstić information content (AvgIpc) is 3.41. The van der Waals surface area contributed by atoms with Crippen molar-refractivity contribution in [2.75, 3.05) is 23.7 Å². The third-order valence-electron chi connectivity index (χ3n) is 4.86. The van der Waals surface area contributed by atoms with Crippen molar-refractivity contribution in [2.24, 2.45) is 0 Å². The molecule has 128 valence electrons. The molecule has 25 heavy (non-hydrogen) atoms. The number of hydrogen-bond acceptors (Lipinski definition) is 5. The Labute approximate surface area is 150 Å². The maximum absolute atomic E-state index is 4.61. The minimum Gasteiger partial charge on any atom is -0.346 e. The van der Waals surface area contributed by atoms with Gasteiger partial charge in [-0.25, -0.2) is 9.97 Å². The monoisotopic (exact) mass is 352 g/mol. The number of nitrogens with one attached hydrogen (secondary N) is 3. The predicted molar refractivity (Wildman–Crippen MR) is 102 cm³/mol. The van der Waals surface area contributed by atoms with Gasteiger partial charge in [0.15, 0.2) is 0 Å². The number of H-pyrrole nitrogens is 2. The number of thioether (sulfide) groups is 1. The number of aromatic amines is 2. The number of rotatable bonds is 3. The van der Waals surface area contributed by atoms with Crippen LogP contribution in [0.4, 0.5) is 5.69 Å². The van der Waals surface area contributed by atoms with E-state index in [9.17, 15) is 0 Å². The van der Waals surface area contributed by atoms with Crippen molar-refractivity contribution in [1.82, 2.24) is 25.3 Å². The summed E-state index contributed by atoms with van der Waals surface area (Å²) < 4.78 is 0. The van der Waals surface area contributed by atoms with E-state index in [0.29, 0.717) is 6.04 Å². The Morgan fingerprint density at radius 1 is 1.24 bits per heavy atom. The van der Waals surface area contributed by atoms with E-state index in [4.69, 9.17) is 0 Å². The van der Waals surface area contributed by atoms with Gasteiger partial charge in [0.1, 0.15) is 11.5 Å². The maximum Gasteiger partial charge on any atom is 0.139 e. The molecule has 0 aromatic carbocycles. The van der Waals surface area contributed by atoms with Crippen molar-refractivity contribution >= 4 is 33.4 Å². The van der Waals surface area contributed by atoms with E-state index in [0.717, 1.165) is 47.8 Å². The molecule has 1 unspecified atom stereocenters. The summed E-state index contributed by atoms with van der Waals surface area (Å²) >= 11 is 1.88. The van der Waals surface area contributed by atoms with Crippen LogP contribution in [0.5, 0.6) is 0 Å². The van der Waals surface area contributed by atoms with Crippen molar-refractivity contribution in [1.29, 1.82) is 0 Å². The van der Waals surface area contributed by atoms with E-state index < -0.39 is 0 Å². The fourth-order valence-electron chi connectivity index (χ4n) is 3.59. The molecule has 5 heterocycles. The minimum atomic E-state index is 0.374. The molecule has 2 aliphatic rings. The zero-order valence-corrected chi connectivity index (χ0v) is 14.6. The molecule has 0 spiro atoms. The van der Waals surface area contributed by atoms with Gasteiger partial charge in [-0.3, -0.25) is 0 Å². The number of anilines is 1. The molecule has 2 aliphatic heterocycles. The molecule has 7 heteroatoms. The fourth-order valence-corrected chi connectivity index (χ4v) is 4.56. The van der Waals surface area contributed by atoms with Crippen molar-refractivity contribution in [3.63, 3.8) is 0 Å². The summed E-state index contributed by atoms with van der Waals surface area (Å²) in [5.74, 6) is 2.11. The number of nitrogens with zero attached hydrogens (tertiary/aromatic N) is 3. The second-order valence-corrected chi connectivity index (χ2v) is 7.57. The van der Waals surface area contributed by atoms with Crippen LogP contribution in [-0.2, 0) is 0 Å². The van der Waals surface area contributed by atoms with Crippen LogP contribution in [-0.4, -0.2) is 38.8 Å². The van der Waals surface area contributed by atoms with E-state index in [1.165, 1.54) is 17.0 Å². The summed E-state index contributed by atoms with van der Waals surface area (Å²) in [4.78, 5) is 19.3. The van der Waals surface area contributed by atoms with Crippen LogP contribution in [0.2, 0.25) is 0 Å². The molecular formula is C18H20N6S. The number of hydrogen-bond donors (Lipinski definition) is 3. The number of aromatic nitrogens is 4. The molecule has 0 saturated carbocycles. The second kappa shape index (κ2) is 6.24. The third-order valence-corrected chi connectivity index (χ3v) is 5.88. The van der Waals surface area contributed by atoms with Crippen LogP contribution in [0.15, 0.2) is 36.9 Å². The smallest absolute Gasteiger partial charge is 0.139 e. The van der Waals surface area contributed by atoms with Gasteiger partial charge in [0.25, 0.3) is 0 Å². The molecule has 1 saturated heterocycles. The molecular weight excluding hydrogens is 332 g/mol. The van der Waals surface area contributed by atoms with Gasteiger partial charge in [-0.05, 0) is 31.5 Å². The Morgan fingerprint density at radius 2 is 2.24 bits per heavy atom. The molecule has 0 bridgehead atoms. The highest BCUT2D eigenvalue weighted by atomic mass is 32.2. The maximum atomic E-state index is 4.61. The van der Waals surface area contributed by atoms with Gasteiger partial charge >= 0.3 is 0 Å². The summed E-state index contributed by atoms with van der Waals surface area (Å²) in [5.41, 5.74) is 3.24. The first-order chi connectivity index (χ1) is 12.4. The molecule has 1 atom stereocenters. The molecule has 0 aliphatic carbocycles. The van der Waals surface area contributed by atoms with Crippen LogP contribution in [0.1, 0.15) is 30.4 Å². The molecule has 0 radical (unpaired) electrons. The highest BCUT2D eigenvalue weighted by molar-refractivity contribution is 8.08. The number of fused-ring (bicyclic) bond motifs is 1. The molecule has 3 aromatic heterocycles. The number of pyridine rings is 1. The van der Waals surface area contributed by atoms with Crippen molar-refractivity contribution < 1.29 is 0 Å². The fraction of sp³-hybridized carbons (Fsp3) is 0.333. The summed E-state index contributed by atoms with van der Waals surface area (Å²) in [6.07, 6.45) is 10.4. The second-order valence-electron chi connectivity index (χ2n) is 6.44. The quantitative estimate of drug-likeness (QED) is 0.675. The molecule has 3 N–H and O–H groups in total. The van der Waals surface area contributed by atoms with Crippen LogP contribution < -0.4 is 10.2 Å². The molecule has 3 aromatic rings. The molecule has 0 amide bonds. The van der Waals surface area contributed by atoms with Crippen LogP contribution in [0, 0.1) is 0 Å². The molecule has 1 fully saturated rings. The van der Waals surface area contributed by atoms with Crippen molar-refractivity contribution in [2.45, 2.75) is 18.9 Å². The lowest BCUT2D eigenvalue weighted by molar-refractivity contribution is 0.612. The van der Waals surface area contributed by atoms with E-state index in [1.807, 2.05) is 30.4 Å². The number of imidazole rings is 1. The van der Waals surface area contributed by atoms with Gasteiger partial charge in [0, 0.05) is 41.2 Å². The van der Waals surface area contributed by atoms with E-state index in [1.54, 1.807) is 0 Å². The summed E-state index contributed by atoms with van der Waals surface area (Å²) in [6, 6.07) is 4.55. The van der Waals surface area contributed by atoms with E-state index in [-0.39, 0.29) is 0 Å². The van der Waals surface area contributed by atoms with Crippen LogP contribution >= 0.6 is 11.8 Å². The minimum absolute atomic E-state index is 0.374. The normalized spacial score (nSPS) is 21.0. The standard InChI is InChI=1S/C18H20N6S/c1-2-13(19-5-1)18-22-10-14(23-18)16-11-24(8-9-25-16)15-4-7-21-17-12(15)3-6-20-17/h3-4,6-7,10-11,13,19H,1-2,5,8-9H2,(H,20,21)(H,22,23). The van der Waals surface area contributed by atoms with Crippen LogP contribution in [0.25, 0.3) is 15.9 Å². The zero-order valence-electron chi connectivity index (χ0n) is 13.8. The Hall–Kier alpha value is -2.25. The summed E-state index contributed by atoms with van der Waals surface area (Å²) in [6.45, 7) is 2.07. The SMILES string of the molecule is C1=C(c2cnc(C3CCCN3)[nH]2)SCCN1c1ccnc2[nH]ccc12. The Balaban J connectivity index is 1.47. The highest BCUT2D eigenvalue weighted by Crippen LogP contribution is 2.35. The van der Waals surface area contributed by atoms with Gasteiger partial charge < -0.3 is 20.2 Å². The average molecular weight is 352 g/mol. The van der Waals surface area contributed by atoms with E-state index >= 15 is 0 Å². The summed E-state index contributed by atoms with van der Waals surface area (Å²) in [5, 5.41) is 4.66. The Morgan fingerprint density at radius 3 is 3.16 bits per heavy atom. The first-order valence-electron chi connectivity index (χ1n) is 8.70. The van der Waals surface area contributed by atoms with Crippen LogP contribution in [0.3, 0.4) is 0 Å². The van der Waals surface area contributed by atoms with Gasteiger partial charge in [-0.15, -0.1) is 11.8 Å². The van der Waals surface area contributed by atoms with E-state index in [2.05, 4.69) is 48.5 Å². The lowest BCUT2D eigenvalue weighted by Gasteiger charge is -2.26. The van der Waals surface area contributed by atoms with Gasteiger partial charge in [0.05, 0.1) is 23.6 Å².